The van der Waals surface area contributed by atoms with E-state index in [1.165, 1.54) is 5.56 Å². The molecule has 1 heterocycles. The molecule has 1 N–H and O–H groups in total. The Labute approximate surface area is 180 Å². The van der Waals surface area contributed by atoms with Crippen molar-refractivity contribution < 1.29 is 13.9 Å². The van der Waals surface area contributed by atoms with Crippen molar-refractivity contribution in [2.45, 2.75) is 20.8 Å². The Hall–Kier alpha value is -3.93. The monoisotopic (exact) mass is 413 g/mol. The third kappa shape index (κ3) is 4.98. The second kappa shape index (κ2) is 8.83. The number of hydrogen-bond acceptors (Lipinski definition) is 5. The smallest absolute Gasteiger partial charge is 0.262 e. The Balaban J connectivity index is 1.42. The summed E-state index contributed by atoms with van der Waals surface area (Å²) < 4.78 is 11.4. The first-order chi connectivity index (χ1) is 15.0. The lowest BCUT2D eigenvalue weighted by Gasteiger charge is -2.09. The molecular formula is C25H23N3O3. The number of aryl methyl sites for hydroxylation is 3. The van der Waals surface area contributed by atoms with E-state index < -0.39 is 0 Å². The predicted octanol–water partition coefficient (Wildman–Crippen LogP) is 5.35. The number of benzene rings is 3. The molecule has 0 aliphatic carbocycles. The zero-order valence-electron chi connectivity index (χ0n) is 17.7. The molecule has 0 atom stereocenters. The fraction of sp³-hybridized carbons (Fsp3) is 0.160. The van der Waals surface area contributed by atoms with Gasteiger partial charge in [-0.05, 0) is 74.4 Å². The number of carbonyl (C=O) groups excluding carboxylic acids is 1. The van der Waals surface area contributed by atoms with E-state index in [-0.39, 0.29) is 12.5 Å². The average Bonchev–Trinajstić information content (AvgIpc) is 3.25. The molecule has 0 unspecified atom stereocenters. The minimum atomic E-state index is -0.249. The van der Waals surface area contributed by atoms with Gasteiger partial charge in [-0.15, -0.1) is 10.2 Å². The van der Waals surface area contributed by atoms with E-state index in [2.05, 4.69) is 15.5 Å². The van der Waals surface area contributed by atoms with Crippen LogP contribution in [0.4, 0.5) is 5.69 Å². The van der Waals surface area contributed by atoms with Crippen LogP contribution in [0.25, 0.3) is 22.9 Å². The maximum absolute atomic E-state index is 12.3. The van der Waals surface area contributed by atoms with Gasteiger partial charge < -0.3 is 14.5 Å². The molecule has 0 fully saturated rings. The van der Waals surface area contributed by atoms with Gasteiger partial charge >= 0.3 is 0 Å². The fourth-order valence-electron chi connectivity index (χ4n) is 3.11. The molecule has 0 saturated heterocycles. The molecule has 1 amide bonds. The molecule has 0 aliphatic rings. The van der Waals surface area contributed by atoms with Gasteiger partial charge in [-0.1, -0.05) is 29.8 Å². The maximum atomic E-state index is 12.3. The Morgan fingerprint density at radius 2 is 1.58 bits per heavy atom. The van der Waals surface area contributed by atoms with Gasteiger partial charge in [0.25, 0.3) is 5.91 Å². The first-order valence-electron chi connectivity index (χ1n) is 9.99. The molecule has 6 nitrogen and oxygen atoms in total. The largest absolute Gasteiger partial charge is 0.484 e. The van der Waals surface area contributed by atoms with Crippen LogP contribution in [0.3, 0.4) is 0 Å². The van der Waals surface area contributed by atoms with Gasteiger partial charge in [0.15, 0.2) is 6.61 Å². The van der Waals surface area contributed by atoms with Crippen molar-refractivity contribution in [1.82, 2.24) is 10.2 Å². The van der Waals surface area contributed by atoms with Gasteiger partial charge in [0.2, 0.25) is 11.8 Å². The zero-order chi connectivity index (χ0) is 21.8. The van der Waals surface area contributed by atoms with Crippen molar-refractivity contribution in [2.75, 3.05) is 11.9 Å². The van der Waals surface area contributed by atoms with E-state index in [0.717, 1.165) is 22.3 Å². The number of aromatic nitrogens is 2. The summed E-state index contributed by atoms with van der Waals surface area (Å²) in [6.45, 7) is 5.98. The lowest BCUT2D eigenvalue weighted by atomic mass is 10.1. The number of amides is 1. The van der Waals surface area contributed by atoms with E-state index in [4.69, 9.17) is 9.15 Å². The van der Waals surface area contributed by atoms with Crippen molar-refractivity contribution >= 4 is 11.6 Å². The molecule has 0 radical (unpaired) electrons. The van der Waals surface area contributed by atoms with E-state index in [9.17, 15) is 4.79 Å². The lowest BCUT2D eigenvalue weighted by Crippen LogP contribution is -2.20. The fourth-order valence-corrected chi connectivity index (χ4v) is 3.11. The third-order valence-corrected chi connectivity index (χ3v) is 4.93. The zero-order valence-corrected chi connectivity index (χ0v) is 17.7. The molecule has 4 rings (SSSR count). The minimum absolute atomic E-state index is 0.0786. The number of hydrogen-bond donors (Lipinski definition) is 1. The topological polar surface area (TPSA) is 77.2 Å². The number of anilines is 1. The van der Waals surface area contributed by atoms with Gasteiger partial charge in [0, 0.05) is 16.8 Å². The first-order valence-corrected chi connectivity index (χ1v) is 9.99. The minimum Gasteiger partial charge on any atom is -0.484 e. The SMILES string of the molecule is Cc1cccc(-c2nnc(-c3cccc(NC(=O)COc4ccc(C)c(C)c4)c3)o2)c1. The van der Waals surface area contributed by atoms with Crippen molar-refractivity contribution in [3.8, 4) is 28.7 Å². The number of rotatable bonds is 6. The number of ether oxygens (including phenoxy) is 1. The summed E-state index contributed by atoms with van der Waals surface area (Å²) >= 11 is 0. The van der Waals surface area contributed by atoms with Crippen LogP contribution in [0.5, 0.6) is 5.75 Å². The molecule has 31 heavy (non-hydrogen) atoms. The third-order valence-electron chi connectivity index (χ3n) is 4.93. The maximum Gasteiger partial charge on any atom is 0.262 e. The highest BCUT2D eigenvalue weighted by molar-refractivity contribution is 5.92. The number of carbonyl (C=O) groups is 1. The molecule has 1 aromatic heterocycles. The van der Waals surface area contributed by atoms with Crippen molar-refractivity contribution in [1.29, 1.82) is 0 Å². The highest BCUT2D eigenvalue weighted by Gasteiger charge is 2.12. The standard InChI is InChI=1S/C25H23N3O3/c1-16-6-4-7-19(12-16)24-27-28-25(31-24)20-8-5-9-21(14-20)26-23(29)15-30-22-11-10-17(2)18(3)13-22/h4-14H,15H2,1-3H3,(H,26,29). The van der Waals surface area contributed by atoms with Gasteiger partial charge in [-0.3, -0.25) is 4.79 Å². The summed E-state index contributed by atoms with van der Waals surface area (Å²) in [6.07, 6.45) is 0. The van der Waals surface area contributed by atoms with E-state index in [1.54, 1.807) is 12.1 Å². The molecular weight excluding hydrogens is 390 g/mol. The molecule has 0 bridgehead atoms. The van der Waals surface area contributed by atoms with Crippen LogP contribution in [-0.2, 0) is 4.79 Å². The van der Waals surface area contributed by atoms with Gasteiger partial charge in [0.1, 0.15) is 5.75 Å². The van der Waals surface area contributed by atoms with Crippen LogP contribution >= 0.6 is 0 Å². The Kier molecular flexibility index (Phi) is 5.80. The van der Waals surface area contributed by atoms with Crippen LogP contribution in [0.2, 0.25) is 0 Å². The summed E-state index contributed by atoms with van der Waals surface area (Å²) in [4.78, 5) is 12.3. The Morgan fingerprint density at radius 1 is 0.871 bits per heavy atom. The second-order valence-electron chi connectivity index (χ2n) is 7.45. The van der Waals surface area contributed by atoms with Gasteiger partial charge in [-0.25, -0.2) is 0 Å². The van der Waals surface area contributed by atoms with Gasteiger partial charge in [-0.2, -0.15) is 0 Å². The number of nitrogens with one attached hydrogen (secondary N) is 1. The molecule has 0 aliphatic heterocycles. The second-order valence-corrected chi connectivity index (χ2v) is 7.45. The summed E-state index contributed by atoms with van der Waals surface area (Å²) in [5.74, 6) is 1.26. The molecule has 156 valence electrons. The first kappa shape index (κ1) is 20.3. The van der Waals surface area contributed by atoms with Crippen molar-refractivity contribution in [3.63, 3.8) is 0 Å². The van der Waals surface area contributed by atoms with Crippen LogP contribution in [0.15, 0.2) is 71.1 Å². The Morgan fingerprint density at radius 3 is 2.29 bits per heavy atom. The van der Waals surface area contributed by atoms with E-state index in [0.29, 0.717) is 23.2 Å². The van der Waals surface area contributed by atoms with Crippen LogP contribution < -0.4 is 10.1 Å². The highest BCUT2D eigenvalue weighted by atomic mass is 16.5. The molecule has 6 heteroatoms. The normalized spacial score (nSPS) is 10.7. The van der Waals surface area contributed by atoms with Crippen LogP contribution in [0.1, 0.15) is 16.7 Å². The van der Waals surface area contributed by atoms with Crippen molar-refractivity contribution in [2.24, 2.45) is 0 Å². The lowest BCUT2D eigenvalue weighted by molar-refractivity contribution is -0.118. The molecule has 3 aromatic carbocycles. The van der Waals surface area contributed by atoms with E-state index >= 15 is 0 Å². The predicted molar refractivity (Wildman–Crippen MR) is 120 cm³/mol. The molecule has 0 saturated carbocycles. The Bertz CT molecular complexity index is 1230. The summed E-state index contributed by atoms with van der Waals surface area (Å²) in [7, 11) is 0. The van der Waals surface area contributed by atoms with Crippen molar-refractivity contribution in [3.05, 3.63) is 83.4 Å². The summed E-state index contributed by atoms with van der Waals surface area (Å²) in [5, 5.41) is 11.1. The summed E-state index contributed by atoms with van der Waals surface area (Å²) in [6, 6.07) is 20.9. The van der Waals surface area contributed by atoms with Crippen LogP contribution in [0, 0.1) is 20.8 Å². The van der Waals surface area contributed by atoms with Gasteiger partial charge in [0.05, 0.1) is 0 Å². The quantitative estimate of drug-likeness (QED) is 0.461. The van der Waals surface area contributed by atoms with E-state index in [1.807, 2.05) is 75.4 Å². The molecule has 0 spiro atoms. The average molecular weight is 413 g/mol. The molecule has 4 aromatic rings. The highest BCUT2D eigenvalue weighted by Crippen LogP contribution is 2.26. The summed E-state index contributed by atoms with van der Waals surface area (Å²) in [5.41, 5.74) is 5.63. The number of nitrogens with zero attached hydrogens (tertiary/aromatic N) is 2. The van der Waals surface area contributed by atoms with Crippen LogP contribution in [-0.4, -0.2) is 22.7 Å².